The second-order valence-corrected chi connectivity index (χ2v) is 5.60. The summed E-state index contributed by atoms with van der Waals surface area (Å²) in [5.74, 6) is 0.573. The molecule has 1 heterocycles. The molecule has 2 aliphatic rings. The van der Waals surface area contributed by atoms with Gasteiger partial charge in [-0.2, -0.15) is 0 Å². The summed E-state index contributed by atoms with van der Waals surface area (Å²) in [6.45, 7) is 4.57. The Bertz CT molecular complexity index is 466. The van der Waals surface area contributed by atoms with E-state index in [4.69, 9.17) is 0 Å². The Morgan fingerprint density at radius 3 is 2.37 bits per heavy atom. The topological polar surface area (TPSA) is 49.6 Å². The second-order valence-electron chi connectivity index (χ2n) is 5.60. The van der Waals surface area contributed by atoms with Crippen molar-refractivity contribution in [3.63, 3.8) is 0 Å². The van der Waals surface area contributed by atoms with Gasteiger partial charge in [-0.05, 0) is 19.0 Å². The van der Waals surface area contributed by atoms with Crippen molar-refractivity contribution >= 4 is 5.69 Å². The molecule has 1 aromatic rings. The minimum atomic E-state index is -0.339. The Kier molecular flexibility index (Phi) is 3.24. The molecule has 0 amide bonds. The maximum absolute atomic E-state index is 10.6. The Labute approximate surface area is 113 Å². The minimum absolute atomic E-state index is 0.181. The normalized spacial score (nSPS) is 28.3. The van der Waals surface area contributed by atoms with E-state index in [2.05, 4.69) is 16.8 Å². The third-order valence-corrected chi connectivity index (χ3v) is 4.30. The summed E-state index contributed by atoms with van der Waals surface area (Å²) in [6, 6.07) is 7.72. The highest BCUT2D eigenvalue weighted by Gasteiger charge is 2.43. The second kappa shape index (κ2) is 4.90. The number of benzene rings is 1. The van der Waals surface area contributed by atoms with Gasteiger partial charge in [0.05, 0.1) is 4.92 Å². The highest BCUT2D eigenvalue weighted by molar-refractivity contribution is 5.37. The van der Waals surface area contributed by atoms with Crippen LogP contribution in [0.1, 0.15) is 17.9 Å². The molecule has 2 unspecified atom stereocenters. The van der Waals surface area contributed by atoms with Crippen molar-refractivity contribution < 1.29 is 4.92 Å². The van der Waals surface area contributed by atoms with Crippen LogP contribution in [0.3, 0.4) is 0 Å². The summed E-state index contributed by atoms with van der Waals surface area (Å²) in [5, 5.41) is 10.6. The number of nitrogens with zero attached hydrogens (tertiary/aromatic N) is 3. The highest BCUT2D eigenvalue weighted by Crippen LogP contribution is 2.45. The molecule has 1 saturated heterocycles. The summed E-state index contributed by atoms with van der Waals surface area (Å²) < 4.78 is 0. The summed E-state index contributed by atoms with van der Waals surface area (Å²) in [6.07, 6.45) is 1.20. The number of piperazine rings is 1. The predicted octanol–water partition coefficient (Wildman–Crippen LogP) is 1.70. The fourth-order valence-corrected chi connectivity index (χ4v) is 2.94. The number of rotatable bonds is 3. The molecule has 1 aliphatic carbocycles. The van der Waals surface area contributed by atoms with Crippen molar-refractivity contribution in [3.8, 4) is 0 Å². The van der Waals surface area contributed by atoms with Crippen LogP contribution in [0, 0.1) is 10.1 Å². The largest absolute Gasteiger partial charge is 0.304 e. The van der Waals surface area contributed by atoms with Gasteiger partial charge in [0.1, 0.15) is 0 Å². The van der Waals surface area contributed by atoms with E-state index in [1.165, 1.54) is 12.0 Å². The predicted molar refractivity (Wildman–Crippen MR) is 73.3 cm³/mol. The van der Waals surface area contributed by atoms with E-state index in [1.807, 2.05) is 12.1 Å². The van der Waals surface area contributed by atoms with Crippen molar-refractivity contribution in [2.24, 2.45) is 0 Å². The Morgan fingerprint density at radius 1 is 1.16 bits per heavy atom. The third-order valence-electron chi connectivity index (χ3n) is 4.30. The molecular formula is C14H19N3O2. The van der Waals surface area contributed by atoms with Gasteiger partial charge in [0, 0.05) is 50.3 Å². The quantitative estimate of drug-likeness (QED) is 0.614. The molecule has 102 valence electrons. The first-order valence-corrected chi connectivity index (χ1v) is 6.82. The zero-order valence-electron chi connectivity index (χ0n) is 11.2. The van der Waals surface area contributed by atoms with Crippen molar-refractivity contribution in [2.45, 2.75) is 18.4 Å². The SMILES string of the molecule is CN1CCN(C2CC2c2ccc([N+](=O)[O-])cc2)CC1. The fourth-order valence-electron chi connectivity index (χ4n) is 2.94. The molecule has 5 heteroatoms. The molecule has 1 saturated carbocycles. The van der Waals surface area contributed by atoms with Crippen LogP contribution in [0.5, 0.6) is 0 Å². The third kappa shape index (κ3) is 2.62. The van der Waals surface area contributed by atoms with E-state index in [0.717, 1.165) is 26.2 Å². The number of likely N-dealkylation sites (N-methyl/N-ethyl adjacent to an activating group) is 1. The van der Waals surface area contributed by atoms with Crippen molar-refractivity contribution in [3.05, 3.63) is 39.9 Å². The standard InChI is InChI=1S/C14H19N3O2/c1-15-6-8-16(9-7-15)14-10-13(14)11-2-4-12(5-3-11)17(18)19/h2-5,13-14H,6-10H2,1H3. The first-order chi connectivity index (χ1) is 9.15. The van der Waals surface area contributed by atoms with Crippen molar-refractivity contribution in [1.29, 1.82) is 0 Å². The molecule has 0 N–H and O–H groups in total. The monoisotopic (exact) mass is 261 g/mol. The molecule has 0 bridgehead atoms. The van der Waals surface area contributed by atoms with Gasteiger partial charge in [0.25, 0.3) is 5.69 Å². The van der Waals surface area contributed by atoms with E-state index in [-0.39, 0.29) is 10.6 Å². The number of nitro benzene ring substituents is 1. The van der Waals surface area contributed by atoms with Crippen molar-refractivity contribution in [1.82, 2.24) is 9.80 Å². The summed E-state index contributed by atoms with van der Waals surface area (Å²) >= 11 is 0. The lowest BCUT2D eigenvalue weighted by Crippen LogP contribution is -2.45. The van der Waals surface area contributed by atoms with Crippen LogP contribution in [-0.2, 0) is 0 Å². The molecule has 2 fully saturated rings. The van der Waals surface area contributed by atoms with Gasteiger partial charge in [0.2, 0.25) is 0 Å². The van der Waals surface area contributed by atoms with Crippen LogP contribution >= 0.6 is 0 Å². The minimum Gasteiger partial charge on any atom is -0.304 e. The van der Waals surface area contributed by atoms with Gasteiger partial charge in [-0.25, -0.2) is 0 Å². The molecule has 3 rings (SSSR count). The van der Waals surface area contributed by atoms with Gasteiger partial charge >= 0.3 is 0 Å². The Balaban J connectivity index is 1.61. The summed E-state index contributed by atoms with van der Waals surface area (Å²) in [5.41, 5.74) is 1.43. The Morgan fingerprint density at radius 2 is 1.79 bits per heavy atom. The highest BCUT2D eigenvalue weighted by atomic mass is 16.6. The average molecular weight is 261 g/mol. The molecular weight excluding hydrogens is 242 g/mol. The molecule has 0 spiro atoms. The molecule has 19 heavy (non-hydrogen) atoms. The molecule has 1 aromatic carbocycles. The fraction of sp³-hybridized carbons (Fsp3) is 0.571. The Hall–Kier alpha value is -1.46. The molecule has 5 nitrogen and oxygen atoms in total. The van der Waals surface area contributed by atoms with Crippen LogP contribution in [-0.4, -0.2) is 54.0 Å². The molecule has 2 atom stereocenters. The van der Waals surface area contributed by atoms with E-state index in [1.54, 1.807) is 12.1 Å². The van der Waals surface area contributed by atoms with Crippen LogP contribution in [0.2, 0.25) is 0 Å². The average Bonchev–Trinajstić information content (AvgIpc) is 3.20. The van der Waals surface area contributed by atoms with Gasteiger partial charge in [-0.1, -0.05) is 12.1 Å². The zero-order chi connectivity index (χ0) is 13.4. The molecule has 0 aromatic heterocycles. The van der Waals surface area contributed by atoms with Crippen LogP contribution in [0.4, 0.5) is 5.69 Å². The lowest BCUT2D eigenvalue weighted by atomic mass is 10.1. The van der Waals surface area contributed by atoms with E-state index >= 15 is 0 Å². The number of hydrogen-bond acceptors (Lipinski definition) is 4. The molecule has 0 radical (unpaired) electrons. The smallest absolute Gasteiger partial charge is 0.269 e. The van der Waals surface area contributed by atoms with Gasteiger partial charge in [0.15, 0.2) is 0 Å². The van der Waals surface area contributed by atoms with Crippen LogP contribution < -0.4 is 0 Å². The van der Waals surface area contributed by atoms with Gasteiger partial charge in [-0.15, -0.1) is 0 Å². The van der Waals surface area contributed by atoms with Crippen LogP contribution in [0.25, 0.3) is 0 Å². The maximum atomic E-state index is 10.6. The maximum Gasteiger partial charge on any atom is 0.269 e. The van der Waals surface area contributed by atoms with Gasteiger partial charge in [-0.3, -0.25) is 15.0 Å². The summed E-state index contributed by atoms with van der Waals surface area (Å²) in [4.78, 5) is 15.2. The number of hydrogen-bond donors (Lipinski definition) is 0. The summed E-state index contributed by atoms with van der Waals surface area (Å²) in [7, 11) is 2.16. The first-order valence-electron chi connectivity index (χ1n) is 6.82. The van der Waals surface area contributed by atoms with E-state index < -0.39 is 0 Å². The molecule has 1 aliphatic heterocycles. The number of nitro groups is 1. The van der Waals surface area contributed by atoms with E-state index in [0.29, 0.717) is 12.0 Å². The van der Waals surface area contributed by atoms with Crippen LogP contribution in [0.15, 0.2) is 24.3 Å². The van der Waals surface area contributed by atoms with E-state index in [9.17, 15) is 10.1 Å². The zero-order valence-corrected chi connectivity index (χ0v) is 11.2. The van der Waals surface area contributed by atoms with Gasteiger partial charge < -0.3 is 4.90 Å². The van der Waals surface area contributed by atoms with Crippen molar-refractivity contribution in [2.75, 3.05) is 33.2 Å². The lowest BCUT2D eigenvalue weighted by Gasteiger charge is -2.32. The first kappa shape index (κ1) is 12.6. The number of non-ortho nitro benzene ring substituents is 1. The lowest BCUT2D eigenvalue weighted by molar-refractivity contribution is -0.384.